The Hall–Kier alpha value is -3.70. The van der Waals surface area contributed by atoms with Crippen LogP contribution in [0.2, 0.25) is 5.02 Å². The Labute approximate surface area is 214 Å². The number of benzene rings is 1. The fourth-order valence-corrected chi connectivity index (χ4v) is 4.22. The Balaban J connectivity index is 1.48. The van der Waals surface area contributed by atoms with Crippen molar-refractivity contribution in [2.45, 2.75) is 25.4 Å². The van der Waals surface area contributed by atoms with Gasteiger partial charge in [-0.25, -0.2) is 15.0 Å². The zero-order valence-electron chi connectivity index (χ0n) is 19.9. The third-order valence-corrected chi connectivity index (χ3v) is 6.10. The maximum Gasteiger partial charge on any atom is 0.256 e. The van der Waals surface area contributed by atoms with Gasteiger partial charge in [-0.3, -0.25) is 4.79 Å². The average Bonchev–Trinajstić information content (AvgIpc) is 3.39. The molecule has 0 aliphatic carbocycles. The lowest BCUT2D eigenvalue weighted by molar-refractivity contribution is 0.0955. The molecule has 4 rings (SSSR count). The van der Waals surface area contributed by atoms with E-state index in [0.29, 0.717) is 53.7 Å². The molecule has 190 valence electrons. The van der Waals surface area contributed by atoms with Crippen molar-refractivity contribution in [1.82, 2.24) is 25.3 Å². The van der Waals surface area contributed by atoms with Crippen molar-refractivity contribution in [3.63, 3.8) is 0 Å². The summed E-state index contributed by atoms with van der Waals surface area (Å²) in [5, 5.41) is 19.4. The van der Waals surface area contributed by atoms with Gasteiger partial charge in [-0.1, -0.05) is 17.7 Å². The highest BCUT2D eigenvalue weighted by Crippen LogP contribution is 2.27. The number of nitrogens with one attached hydrogen (secondary N) is 3. The normalized spacial score (nSPS) is 15.0. The number of hydrogen-bond acceptors (Lipinski definition) is 10. The summed E-state index contributed by atoms with van der Waals surface area (Å²) in [5.41, 5.74) is 1.21. The van der Waals surface area contributed by atoms with Gasteiger partial charge in [-0.2, -0.15) is 4.98 Å². The number of halogens is 1. The van der Waals surface area contributed by atoms with Gasteiger partial charge in [0.25, 0.3) is 5.91 Å². The van der Waals surface area contributed by atoms with Crippen LogP contribution < -0.4 is 25.6 Å². The Kier molecular flexibility index (Phi) is 8.69. The molecule has 3 aromatic rings. The number of aliphatic hydroxyl groups excluding tert-OH is 1. The van der Waals surface area contributed by atoms with E-state index in [2.05, 4.69) is 35.9 Å². The average molecular weight is 513 g/mol. The van der Waals surface area contributed by atoms with Crippen LogP contribution in [-0.2, 0) is 6.54 Å². The summed E-state index contributed by atoms with van der Waals surface area (Å²) in [6.07, 6.45) is 6.61. The molecular formula is C24H29ClN8O3. The number of amides is 1. The highest BCUT2D eigenvalue weighted by atomic mass is 35.5. The van der Waals surface area contributed by atoms with Crippen LogP contribution in [-0.4, -0.2) is 70.3 Å². The van der Waals surface area contributed by atoms with Crippen LogP contribution in [0.25, 0.3) is 0 Å². The first-order chi connectivity index (χ1) is 17.6. The Morgan fingerprint density at radius 2 is 2.06 bits per heavy atom. The lowest BCUT2D eigenvalue weighted by Crippen LogP contribution is -2.34. The van der Waals surface area contributed by atoms with Crippen LogP contribution in [0.15, 0.2) is 42.9 Å². The number of ether oxygens (including phenoxy) is 1. The third kappa shape index (κ3) is 6.29. The molecule has 36 heavy (non-hydrogen) atoms. The quantitative estimate of drug-likeness (QED) is 0.283. The largest absolute Gasteiger partial charge is 0.495 e. The molecule has 2 aromatic heterocycles. The number of carbonyl (C=O) groups excluding carboxylic acids is 1. The van der Waals surface area contributed by atoms with Crippen LogP contribution in [0.5, 0.6) is 5.75 Å². The molecule has 1 saturated heterocycles. The van der Waals surface area contributed by atoms with Gasteiger partial charge in [0.1, 0.15) is 17.1 Å². The van der Waals surface area contributed by atoms with Crippen LogP contribution in [0, 0.1) is 0 Å². The third-order valence-electron chi connectivity index (χ3n) is 5.80. The lowest BCUT2D eigenvalue weighted by Gasteiger charge is -2.24. The van der Waals surface area contributed by atoms with E-state index >= 15 is 0 Å². The van der Waals surface area contributed by atoms with Gasteiger partial charge in [-0.15, -0.1) is 0 Å². The highest BCUT2D eigenvalue weighted by Gasteiger charge is 2.27. The molecule has 11 nitrogen and oxygen atoms in total. The van der Waals surface area contributed by atoms with Crippen LogP contribution in [0.4, 0.5) is 17.7 Å². The summed E-state index contributed by atoms with van der Waals surface area (Å²) in [6.45, 7) is 1.96. The molecule has 12 heteroatoms. The topological polar surface area (TPSA) is 137 Å². The van der Waals surface area contributed by atoms with E-state index in [1.807, 2.05) is 11.0 Å². The second kappa shape index (κ2) is 12.3. The first-order valence-corrected chi connectivity index (χ1v) is 12.1. The number of carbonyl (C=O) groups is 1. The standard InChI is InChI=1S/C24H29ClN8O3/c1-36-20-6-5-16(12-19(20)25)13-30-21-18(14-31-24(32-21)33-11-2-4-17(33)15-34)22(35)26-9-10-29-23-27-7-3-8-28-23/h3,5-8,12,14,17,34H,2,4,9-11,13,15H2,1H3,(H,26,35)(H,27,28,29)(H,30,31,32)/t17-/m0/s1. The molecule has 4 N–H and O–H groups in total. The number of aromatic nitrogens is 4. The predicted octanol–water partition coefficient (Wildman–Crippen LogP) is 2.34. The van der Waals surface area contributed by atoms with Crippen molar-refractivity contribution in [1.29, 1.82) is 0 Å². The van der Waals surface area contributed by atoms with E-state index in [1.54, 1.807) is 37.7 Å². The van der Waals surface area contributed by atoms with E-state index in [0.717, 1.165) is 24.9 Å². The van der Waals surface area contributed by atoms with Crippen LogP contribution >= 0.6 is 11.6 Å². The summed E-state index contributed by atoms with van der Waals surface area (Å²) < 4.78 is 5.22. The van der Waals surface area contributed by atoms with E-state index in [4.69, 9.17) is 16.3 Å². The second-order valence-electron chi connectivity index (χ2n) is 8.18. The first kappa shape index (κ1) is 25.4. The minimum atomic E-state index is -0.312. The summed E-state index contributed by atoms with van der Waals surface area (Å²) in [7, 11) is 1.56. The maximum atomic E-state index is 13.0. The molecule has 0 spiro atoms. The number of anilines is 3. The molecule has 1 atom stereocenters. The van der Waals surface area contributed by atoms with Gasteiger partial charge >= 0.3 is 0 Å². The van der Waals surface area contributed by atoms with E-state index < -0.39 is 0 Å². The van der Waals surface area contributed by atoms with Gasteiger partial charge in [0.15, 0.2) is 0 Å². The molecule has 1 fully saturated rings. The van der Waals surface area contributed by atoms with Gasteiger partial charge in [-0.05, 0) is 36.6 Å². The minimum absolute atomic E-state index is 0.0246. The van der Waals surface area contributed by atoms with Gasteiger partial charge < -0.3 is 30.7 Å². The fraction of sp³-hybridized carbons (Fsp3) is 0.375. The Bertz CT molecular complexity index is 1170. The smallest absolute Gasteiger partial charge is 0.256 e. The Morgan fingerprint density at radius 3 is 2.81 bits per heavy atom. The summed E-state index contributed by atoms with van der Waals surface area (Å²) in [4.78, 5) is 32.3. The number of rotatable bonds is 11. The lowest BCUT2D eigenvalue weighted by atomic mass is 10.2. The molecule has 0 unspecified atom stereocenters. The number of hydrogen-bond donors (Lipinski definition) is 4. The number of methoxy groups -OCH3 is 1. The molecule has 1 aliphatic rings. The SMILES string of the molecule is COc1ccc(CNc2nc(N3CCC[C@H]3CO)ncc2C(=O)NCCNc2ncccn2)cc1Cl. The molecule has 0 bridgehead atoms. The molecule has 0 radical (unpaired) electrons. The van der Waals surface area contributed by atoms with E-state index in [1.165, 1.54) is 6.20 Å². The summed E-state index contributed by atoms with van der Waals surface area (Å²) in [6, 6.07) is 7.17. The van der Waals surface area contributed by atoms with E-state index in [-0.39, 0.29) is 18.6 Å². The first-order valence-electron chi connectivity index (χ1n) is 11.7. The molecule has 1 aromatic carbocycles. The van der Waals surface area contributed by atoms with Gasteiger partial charge in [0, 0.05) is 44.8 Å². The summed E-state index contributed by atoms with van der Waals surface area (Å²) in [5.74, 6) is 1.63. The molecule has 1 aliphatic heterocycles. The van der Waals surface area contributed by atoms with Crippen molar-refractivity contribution in [2.75, 3.05) is 48.9 Å². The van der Waals surface area contributed by atoms with E-state index in [9.17, 15) is 9.90 Å². The fourth-order valence-electron chi connectivity index (χ4n) is 3.94. The van der Waals surface area contributed by atoms with Crippen LogP contribution in [0.3, 0.4) is 0 Å². The van der Waals surface area contributed by atoms with Crippen molar-refractivity contribution < 1.29 is 14.6 Å². The van der Waals surface area contributed by atoms with Crippen molar-refractivity contribution in [3.05, 3.63) is 59.0 Å². The second-order valence-corrected chi connectivity index (χ2v) is 8.59. The molecule has 3 heterocycles. The van der Waals surface area contributed by atoms with Crippen molar-refractivity contribution >= 4 is 35.2 Å². The minimum Gasteiger partial charge on any atom is -0.495 e. The zero-order chi connectivity index (χ0) is 25.3. The zero-order valence-corrected chi connectivity index (χ0v) is 20.7. The van der Waals surface area contributed by atoms with Crippen molar-refractivity contribution in [3.8, 4) is 5.75 Å². The predicted molar refractivity (Wildman–Crippen MR) is 138 cm³/mol. The molecule has 1 amide bonds. The maximum absolute atomic E-state index is 13.0. The summed E-state index contributed by atoms with van der Waals surface area (Å²) >= 11 is 6.26. The highest BCUT2D eigenvalue weighted by molar-refractivity contribution is 6.32. The number of nitrogens with zero attached hydrogens (tertiary/aromatic N) is 5. The van der Waals surface area contributed by atoms with Crippen LogP contribution in [0.1, 0.15) is 28.8 Å². The van der Waals surface area contributed by atoms with Gasteiger partial charge in [0.2, 0.25) is 11.9 Å². The van der Waals surface area contributed by atoms with Gasteiger partial charge in [0.05, 0.1) is 24.8 Å². The number of aliphatic hydroxyl groups is 1. The Morgan fingerprint density at radius 1 is 1.22 bits per heavy atom. The molecule has 0 saturated carbocycles. The van der Waals surface area contributed by atoms with Crippen molar-refractivity contribution in [2.24, 2.45) is 0 Å². The molecular weight excluding hydrogens is 484 g/mol. The monoisotopic (exact) mass is 512 g/mol.